The van der Waals surface area contributed by atoms with Crippen LogP contribution in [0.15, 0.2) is 48.5 Å². The van der Waals surface area contributed by atoms with E-state index in [0.29, 0.717) is 5.19 Å². The van der Waals surface area contributed by atoms with Gasteiger partial charge in [-0.1, -0.05) is 35.6 Å². The largest absolute Gasteiger partial charge is 0.431 e. The summed E-state index contributed by atoms with van der Waals surface area (Å²) in [5.41, 5.74) is 2.23. The molecule has 27 heavy (non-hydrogen) atoms. The molecular weight excluding hydrogens is 378 g/mol. The summed E-state index contributed by atoms with van der Waals surface area (Å²) in [6.07, 6.45) is 2.82. The first-order chi connectivity index (χ1) is 13.2. The van der Waals surface area contributed by atoms with E-state index in [1.807, 2.05) is 30.3 Å². The van der Waals surface area contributed by atoms with Crippen molar-refractivity contribution in [2.45, 2.75) is 13.0 Å². The van der Waals surface area contributed by atoms with Gasteiger partial charge in [0.2, 0.25) is 0 Å². The highest BCUT2D eigenvalue weighted by Gasteiger charge is 2.17. The van der Waals surface area contributed by atoms with E-state index in [2.05, 4.69) is 32.4 Å². The number of ether oxygens (including phenoxy) is 1. The number of aromatic nitrogens is 1. The van der Waals surface area contributed by atoms with Crippen LogP contribution in [0.5, 0.6) is 10.9 Å². The van der Waals surface area contributed by atoms with Gasteiger partial charge >= 0.3 is 0 Å². The zero-order valence-electron chi connectivity index (χ0n) is 15.3. The number of thiazole rings is 1. The maximum absolute atomic E-state index is 11.7. The first-order valence-corrected chi connectivity index (χ1v) is 11.4. The lowest BCUT2D eigenvalue weighted by Gasteiger charge is -2.20. The molecule has 0 N–H and O–H groups in total. The number of benzene rings is 2. The molecule has 1 fully saturated rings. The van der Waals surface area contributed by atoms with Crippen LogP contribution >= 0.6 is 11.3 Å². The number of nitrogens with zero attached hydrogens (tertiary/aromatic N) is 3. The van der Waals surface area contributed by atoms with Gasteiger partial charge in [-0.3, -0.25) is 4.90 Å². The second-order valence-electron chi connectivity index (χ2n) is 6.68. The van der Waals surface area contributed by atoms with Gasteiger partial charge in [0.15, 0.2) is 0 Å². The molecule has 0 aliphatic carbocycles. The molecule has 142 valence electrons. The molecule has 0 bridgehead atoms. The Bertz CT molecular complexity index is 893. The SMILES string of the molecule is CS(=O)N1CCCN(Cc2ccc(Oc3nc4ccccc4s3)cc2)CC1. The van der Waals surface area contributed by atoms with Crippen molar-refractivity contribution in [1.29, 1.82) is 0 Å². The van der Waals surface area contributed by atoms with Crippen LogP contribution in [0.25, 0.3) is 10.2 Å². The van der Waals surface area contributed by atoms with E-state index in [-0.39, 0.29) is 0 Å². The molecule has 1 aliphatic rings. The van der Waals surface area contributed by atoms with Crippen molar-refractivity contribution in [3.05, 3.63) is 54.1 Å². The molecule has 2 heterocycles. The van der Waals surface area contributed by atoms with Crippen LogP contribution in [0.2, 0.25) is 0 Å². The van der Waals surface area contributed by atoms with E-state index in [9.17, 15) is 4.21 Å². The fourth-order valence-electron chi connectivity index (χ4n) is 3.28. The van der Waals surface area contributed by atoms with Gasteiger partial charge in [-0.05, 0) is 42.8 Å². The minimum absolute atomic E-state index is 0.670. The fourth-order valence-corrected chi connectivity index (χ4v) is 4.84. The van der Waals surface area contributed by atoms with Crippen molar-refractivity contribution in [2.75, 3.05) is 32.4 Å². The Hall–Kier alpha value is -1.80. The molecule has 0 spiro atoms. The normalized spacial score (nSPS) is 17.7. The number of hydrogen-bond acceptors (Lipinski definition) is 5. The minimum Gasteiger partial charge on any atom is -0.431 e. The number of hydrogen-bond donors (Lipinski definition) is 0. The Balaban J connectivity index is 1.36. The molecule has 1 saturated heterocycles. The highest BCUT2D eigenvalue weighted by atomic mass is 32.2. The molecule has 0 amide bonds. The third kappa shape index (κ3) is 4.73. The second kappa shape index (κ2) is 8.48. The molecule has 1 unspecified atom stereocenters. The molecule has 0 saturated carbocycles. The van der Waals surface area contributed by atoms with Crippen LogP contribution < -0.4 is 4.74 Å². The predicted molar refractivity (Wildman–Crippen MR) is 112 cm³/mol. The summed E-state index contributed by atoms with van der Waals surface area (Å²) >= 11 is 1.56. The maximum atomic E-state index is 11.7. The first kappa shape index (κ1) is 18.6. The van der Waals surface area contributed by atoms with E-state index in [0.717, 1.165) is 55.1 Å². The third-order valence-electron chi connectivity index (χ3n) is 4.72. The molecular formula is C20H23N3O2S2. The van der Waals surface area contributed by atoms with E-state index in [4.69, 9.17) is 4.74 Å². The highest BCUT2D eigenvalue weighted by Crippen LogP contribution is 2.31. The molecule has 2 aromatic carbocycles. The Kier molecular flexibility index (Phi) is 5.83. The van der Waals surface area contributed by atoms with Gasteiger partial charge in [0, 0.05) is 32.4 Å². The van der Waals surface area contributed by atoms with Crippen LogP contribution in [0, 0.1) is 0 Å². The molecule has 1 atom stereocenters. The van der Waals surface area contributed by atoms with E-state index in [1.165, 1.54) is 5.56 Å². The van der Waals surface area contributed by atoms with Gasteiger partial charge in [-0.15, -0.1) is 0 Å². The number of rotatable bonds is 5. The van der Waals surface area contributed by atoms with Crippen LogP contribution in [0.1, 0.15) is 12.0 Å². The smallest absolute Gasteiger partial charge is 0.279 e. The van der Waals surface area contributed by atoms with Crippen LogP contribution in [-0.4, -0.2) is 50.8 Å². The van der Waals surface area contributed by atoms with Crippen LogP contribution in [-0.2, 0) is 17.5 Å². The van der Waals surface area contributed by atoms with Gasteiger partial charge in [0.05, 0.1) is 21.2 Å². The van der Waals surface area contributed by atoms with Crippen molar-refractivity contribution >= 4 is 32.5 Å². The Morgan fingerprint density at radius 1 is 1.07 bits per heavy atom. The fraction of sp³-hybridized carbons (Fsp3) is 0.350. The number of para-hydroxylation sites is 1. The quantitative estimate of drug-likeness (QED) is 0.651. The van der Waals surface area contributed by atoms with Crippen molar-refractivity contribution in [2.24, 2.45) is 0 Å². The van der Waals surface area contributed by atoms with Crippen LogP contribution in [0.4, 0.5) is 0 Å². The molecule has 0 radical (unpaired) electrons. The standard InChI is InChI=1S/C20H23N3O2S2/c1-27(24)23-12-4-11-22(13-14-23)15-16-7-9-17(10-8-16)25-20-21-18-5-2-3-6-19(18)26-20/h2-3,5-10H,4,11-15H2,1H3. The summed E-state index contributed by atoms with van der Waals surface area (Å²) in [7, 11) is -0.868. The van der Waals surface area contributed by atoms with Crippen molar-refractivity contribution in [3.8, 4) is 10.9 Å². The molecule has 5 nitrogen and oxygen atoms in total. The summed E-state index contributed by atoms with van der Waals surface area (Å²) < 4.78 is 20.8. The molecule has 4 rings (SSSR count). The molecule has 7 heteroatoms. The lowest BCUT2D eigenvalue weighted by atomic mass is 10.2. The Morgan fingerprint density at radius 2 is 1.89 bits per heavy atom. The third-order valence-corrected chi connectivity index (χ3v) is 6.73. The van der Waals surface area contributed by atoms with Crippen molar-refractivity contribution in [3.63, 3.8) is 0 Å². The molecule has 3 aromatic rings. The van der Waals surface area contributed by atoms with E-state index >= 15 is 0 Å². The van der Waals surface area contributed by atoms with Gasteiger partial charge in [0.1, 0.15) is 5.75 Å². The zero-order valence-corrected chi connectivity index (χ0v) is 17.0. The van der Waals surface area contributed by atoms with E-state index in [1.54, 1.807) is 17.6 Å². The minimum atomic E-state index is -0.868. The average molecular weight is 402 g/mol. The maximum Gasteiger partial charge on any atom is 0.279 e. The zero-order chi connectivity index (χ0) is 18.6. The number of fused-ring (bicyclic) bond motifs is 1. The molecule has 1 aliphatic heterocycles. The highest BCUT2D eigenvalue weighted by molar-refractivity contribution is 7.81. The van der Waals surface area contributed by atoms with Gasteiger partial charge < -0.3 is 4.74 Å². The summed E-state index contributed by atoms with van der Waals surface area (Å²) in [5.74, 6) is 0.807. The van der Waals surface area contributed by atoms with Gasteiger partial charge in [-0.25, -0.2) is 13.5 Å². The van der Waals surface area contributed by atoms with E-state index < -0.39 is 11.0 Å². The van der Waals surface area contributed by atoms with Crippen molar-refractivity contribution in [1.82, 2.24) is 14.2 Å². The summed E-state index contributed by atoms with van der Waals surface area (Å²) in [6, 6.07) is 16.3. The predicted octanol–water partition coefficient (Wildman–Crippen LogP) is 3.89. The molecule has 1 aromatic heterocycles. The summed E-state index contributed by atoms with van der Waals surface area (Å²) in [4.78, 5) is 6.94. The van der Waals surface area contributed by atoms with Gasteiger partial charge in [0.25, 0.3) is 5.19 Å². The van der Waals surface area contributed by atoms with Gasteiger partial charge in [-0.2, -0.15) is 0 Å². The first-order valence-electron chi connectivity index (χ1n) is 9.10. The van der Waals surface area contributed by atoms with Crippen molar-refractivity contribution < 1.29 is 8.95 Å². The second-order valence-corrected chi connectivity index (χ2v) is 9.03. The lowest BCUT2D eigenvalue weighted by molar-refractivity contribution is 0.279. The lowest BCUT2D eigenvalue weighted by Crippen LogP contribution is -2.31. The summed E-state index contributed by atoms with van der Waals surface area (Å²) in [6.45, 7) is 4.67. The monoisotopic (exact) mass is 401 g/mol. The topological polar surface area (TPSA) is 45.7 Å². The summed E-state index contributed by atoms with van der Waals surface area (Å²) in [5, 5.41) is 0.670. The van der Waals surface area contributed by atoms with Crippen LogP contribution in [0.3, 0.4) is 0 Å². The average Bonchev–Trinajstić information content (AvgIpc) is 2.92. The Labute approximate surface area is 166 Å². The Morgan fingerprint density at radius 3 is 2.67 bits per heavy atom.